The van der Waals surface area contributed by atoms with Crippen molar-refractivity contribution >= 4 is 16.6 Å². The lowest BCUT2D eigenvalue weighted by Crippen LogP contribution is -2.49. The highest BCUT2D eigenvalue weighted by Crippen LogP contribution is 2.30. The van der Waals surface area contributed by atoms with Gasteiger partial charge in [-0.3, -0.25) is 9.69 Å². The van der Waals surface area contributed by atoms with Crippen LogP contribution in [0.25, 0.3) is 10.9 Å². The van der Waals surface area contributed by atoms with E-state index in [0.717, 1.165) is 27.6 Å². The van der Waals surface area contributed by atoms with Crippen LogP contribution < -0.4 is 10.5 Å². The summed E-state index contributed by atoms with van der Waals surface area (Å²) in [5, 5.41) is 13.8. The first-order chi connectivity index (χ1) is 19.0. The Morgan fingerprint density at radius 3 is 2.46 bits per heavy atom. The maximum Gasteiger partial charge on any atom is 0.253 e. The predicted molar refractivity (Wildman–Crippen MR) is 149 cm³/mol. The molecule has 0 aliphatic carbocycles. The number of anilines is 1. The number of aromatic amines is 1. The monoisotopic (exact) mass is 523 g/mol. The normalized spacial score (nSPS) is 15.1. The largest absolute Gasteiger partial charge is 0.367 e. The van der Waals surface area contributed by atoms with Crippen LogP contribution in [-0.2, 0) is 6.54 Å². The number of rotatable bonds is 6. The van der Waals surface area contributed by atoms with Crippen molar-refractivity contribution in [1.29, 1.82) is 0 Å². The molecule has 1 atom stereocenters. The van der Waals surface area contributed by atoms with Gasteiger partial charge in [0, 0.05) is 42.6 Å². The molecule has 2 aromatic heterocycles. The molecule has 1 N–H and O–H groups in total. The van der Waals surface area contributed by atoms with Gasteiger partial charge in [-0.1, -0.05) is 48.5 Å². The van der Waals surface area contributed by atoms with Crippen LogP contribution in [0, 0.1) is 19.7 Å². The smallest absolute Gasteiger partial charge is 0.253 e. The van der Waals surface area contributed by atoms with Gasteiger partial charge in [0.05, 0.1) is 12.2 Å². The van der Waals surface area contributed by atoms with E-state index in [2.05, 4.69) is 38.4 Å². The predicted octanol–water partition coefficient (Wildman–Crippen LogP) is 4.23. The van der Waals surface area contributed by atoms with E-state index in [1.54, 1.807) is 10.7 Å². The lowest BCUT2D eigenvalue weighted by molar-refractivity contribution is 0.200. The highest BCUT2D eigenvalue weighted by atomic mass is 19.1. The van der Waals surface area contributed by atoms with E-state index < -0.39 is 6.04 Å². The second-order valence-corrected chi connectivity index (χ2v) is 10.2. The Hall–Kier alpha value is -4.37. The van der Waals surface area contributed by atoms with Crippen molar-refractivity contribution in [2.24, 2.45) is 0 Å². The van der Waals surface area contributed by atoms with Crippen molar-refractivity contribution in [2.45, 2.75) is 26.4 Å². The van der Waals surface area contributed by atoms with Crippen LogP contribution in [-0.4, -0.2) is 56.3 Å². The summed E-state index contributed by atoms with van der Waals surface area (Å²) in [4.78, 5) is 21.0. The summed E-state index contributed by atoms with van der Waals surface area (Å²) in [6, 6.07) is 22.5. The fourth-order valence-electron chi connectivity index (χ4n) is 5.60. The molecule has 1 aliphatic rings. The van der Waals surface area contributed by atoms with E-state index in [1.165, 1.54) is 6.07 Å². The molecule has 0 radical (unpaired) electrons. The highest BCUT2D eigenvalue weighted by molar-refractivity contribution is 5.83. The molecule has 39 heavy (non-hydrogen) atoms. The number of pyridine rings is 1. The number of tetrazole rings is 1. The number of aryl methyl sites for hydroxylation is 2. The molecule has 6 rings (SSSR count). The van der Waals surface area contributed by atoms with Gasteiger partial charge < -0.3 is 9.88 Å². The van der Waals surface area contributed by atoms with Crippen molar-refractivity contribution < 1.29 is 4.39 Å². The Bertz CT molecular complexity index is 1670. The number of benzene rings is 3. The summed E-state index contributed by atoms with van der Waals surface area (Å²) in [5.74, 6) is 0.374. The van der Waals surface area contributed by atoms with Gasteiger partial charge >= 0.3 is 0 Å². The molecule has 5 aromatic rings. The van der Waals surface area contributed by atoms with E-state index in [1.807, 2.05) is 66.4 Å². The molecule has 3 heterocycles. The van der Waals surface area contributed by atoms with E-state index in [-0.39, 0.29) is 11.4 Å². The molecule has 198 valence electrons. The van der Waals surface area contributed by atoms with E-state index in [4.69, 9.17) is 0 Å². The van der Waals surface area contributed by atoms with Gasteiger partial charge in [0.25, 0.3) is 5.56 Å². The fraction of sp³-hybridized carbons (Fsp3) is 0.267. The summed E-state index contributed by atoms with van der Waals surface area (Å²) in [5.41, 5.74) is 5.09. The van der Waals surface area contributed by atoms with E-state index in [9.17, 15) is 9.18 Å². The van der Waals surface area contributed by atoms with Crippen LogP contribution >= 0.6 is 0 Å². The zero-order valence-electron chi connectivity index (χ0n) is 22.0. The van der Waals surface area contributed by atoms with Crippen molar-refractivity contribution in [3.63, 3.8) is 0 Å². The fourth-order valence-corrected chi connectivity index (χ4v) is 5.60. The van der Waals surface area contributed by atoms with Crippen molar-refractivity contribution in [2.75, 3.05) is 31.1 Å². The molecule has 8 nitrogen and oxygen atoms in total. The molecular weight excluding hydrogens is 493 g/mol. The minimum atomic E-state index is -0.472. The van der Waals surface area contributed by atoms with Crippen LogP contribution in [0.5, 0.6) is 0 Å². The molecule has 0 amide bonds. The minimum Gasteiger partial charge on any atom is -0.367 e. The topological polar surface area (TPSA) is 82.9 Å². The highest BCUT2D eigenvalue weighted by Gasteiger charge is 2.33. The van der Waals surface area contributed by atoms with Gasteiger partial charge in [-0.2, -0.15) is 0 Å². The second-order valence-electron chi connectivity index (χ2n) is 10.2. The first-order valence-corrected chi connectivity index (χ1v) is 13.2. The number of fused-ring (bicyclic) bond motifs is 1. The quantitative estimate of drug-likeness (QED) is 0.359. The Morgan fingerprint density at radius 1 is 0.949 bits per heavy atom. The molecule has 1 fully saturated rings. The van der Waals surface area contributed by atoms with Gasteiger partial charge in [-0.25, -0.2) is 9.07 Å². The summed E-state index contributed by atoms with van der Waals surface area (Å²) < 4.78 is 16.3. The number of nitrogens with one attached hydrogen (secondary N) is 1. The summed E-state index contributed by atoms with van der Waals surface area (Å²) in [6.07, 6.45) is 0. The number of nitrogens with zero attached hydrogens (tertiary/aromatic N) is 6. The Labute approximate surface area is 225 Å². The molecule has 3 aromatic carbocycles. The average Bonchev–Trinajstić information content (AvgIpc) is 3.38. The maximum atomic E-state index is 14.5. The summed E-state index contributed by atoms with van der Waals surface area (Å²) in [7, 11) is 0. The first kappa shape index (κ1) is 24.9. The second kappa shape index (κ2) is 10.4. The zero-order valence-corrected chi connectivity index (χ0v) is 22.0. The maximum absolute atomic E-state index is 14.5. The van der Waals surface area contributed by atoms with Crippen LogP contribution in [0.3, 0.4) is 0 Å². The molecule has 1 saturated heterocycles. The van der Waals surface area contributed by atoms with E-state index >= 15 is 0 Å². The number of hydrogen-bond acceptors (Lipinski definition) is 6. The average molecular weight is 524 g/mol. The molecule has 0 unspecified atom stereocenters. The van der Waals surface area contributed by atoms with Gasteiger partial charge in [-0.15, -0.1) is 5.10 Å². The zero-order chi connectivity index (χ0) is 26.9. The first-order valence-electron chi connectivity index (χ1n) is 13.2. The number of aromatic nitrogens is 5. The van der Waals surface area contributed by atoms with Crippen LogP contribution in [0.2, 0.25) is 0 Å². The number of para-hydroxylation sites is 1. The molecule has 1 aliphatic heterocycles. The van der Waals surface area contributed by atoms with Crippen LogP contribution in [0.15, 0.2) is 77.6 Å². The SMILES string of the molecule is Cc1cc(C)c2cc([C@H](c3nnnn3Cc3ccccc3)N3CCN(c4ccccc4F)CC3)c(=O)[nH]c2c1. The van der Waals surface area contributed by atoms with Gasteiger partial charge in [0.15, 0.2) is 5.82 Å². The third-order valence-electron chi connectivity index (χ3n) is 7.49. The number of hydrogen-bond donors (Lipinski definition) is 1. The molecule has 0 spiro atoms. The lowest BCUT2D eigenvalue weighted by Gasteiger charge is -2.39. The van der Waals surface area contributed by atoms with Crippen LogP contribution in [0.4, 0.5) is 10.1 Å². The Kier molecular flexibility index (Phi) is 6.66. The third-order valence-corrected chi connectivity index (χ3v) is 7.49. The van der Waals surface area contributed by atoms with Crippen molar-refractivity contribution in [3.8, 4) is 0 Å². The van der Waals surface area contributed by atoms with Crippen LogP contribution in [0.1, 0.15) is 34.1 Å². The molecule has 9 heteroatoms. The number of piperazine rings is 1. The molecule has 0 saturated carbocycles. The standard InChI is InChI=1S/C30H30FN7O/c1-20-16-21(2)23-18-24(30(39)32-26(23)17-20)28(29-33-34-35-38(29)19-22-8-4-3-5-9-22)37-14-12-36(13-15-37)27-11-7-6-10-25(27)31/h3-11,16-18,28H,12-15,19H2,1-2H3,(H,32,39)/t28-/m1/s1. The van der Waals surface area contributed by atoms with E-state index in [0.29, 0.717) is 49.8 Å². The molecular formula is C30H30FN7O. The Morgan fingerprint density at radius 2 is 1.69 bits per heavy atom. The summed E-state index contributed by atoms with van der Waals surface area (Å²) >= 11 is 0. The lowest BCUT2D eigenvalue weighted by atomic mass is 9.99. The van der Waals surface area contributed by atoms with Gasteiger partial charge in [0.1, 0.15) is 11.9 Å². The van der Waals surface area contributed by atoms with Gasteiger partial charge in [0.2, 0.25) is 0 Å². The summed E-state index contributed by atoms with van der Waals surface area (Å²) in [6.45, 7) is 7.01. The van der Waals surface area contributed by atoms with Crippen molar-refractivity contribution in [3.05, 3.63) is 117 Å². The number of H-pyrrole nitrogens is 1. The third kappa shape index (κ3) is 4.93. The van der Waals surface area contributed by atoms with Gasteiger partial charge in [-0.05, 0) is 65.2 Å². The van der Waals surface area contributed by atoms with Crippen molar-refractivity contribution in [1.82, 2.24) is 30.1 Å². The molecule has 0 bridgehead atoms. The minimum absolute atomic E-state index is 0.164. The Balaban J connectivity index is 1.41. The number of halogens is 1.